The normalized spacial score (nSPS) is 14.1. The number of nitrogens with zero attached hydrogens (tertiary/aromatic N) is 2. The van der Waals surface area contributed by atoms with Crippen LogP contribution in [0, 0.1) is 0 Å². The van der Waals surface area contributed by atoms with Gasteiger partial charge in [0.25, 0.3) is 0 Å². The molecular formula is C15H14N2O3. The molecule has 1 N–H and O–H groups in total. The summed E-state index contributed by atoms with van der Waals surface area (Å²) in [5.74, 6) is 0.521. The van der Waals surface area contributed by atoms with Gasteiger partial charge in [-0.3, -0.25) is 0 Å². The smallest absolute Gasteiger partial charge is 0.354 e. The van der Waals surface area contributed by atoms with Crippen LogP contribution in [0.1, 0.15) is 16.1 Å². The number of rotatable bonds is 2. The number of benzene rings is 1. The van der Waals surface area contributed by atoms with Crippen molar-refractivity contribution in [3.8, 4) is 5.75 Å². The first-order valence-electron chi connectivity index (χ1n) is 6.40. The molecule has 0 bridgehead atoms. The van der Waals surface area contributed by atoms with Gasteiger partial charge < -0.3 is 14.7 Å². The highest BCUT2D eigenvalue weighted by Gasteiger charge is 2.17. The molecule has 1 aromatic carbocycles. The van der Waals surface area contributed by atoms with E-state index in [1.54, 1.807) is 6.07 Å². The second kappa shape index (κ2) is 5.21. The van der Waals surface area contributed by atoms with Gasteiger partial charge in [0.15, 0.2) is 5.69 Å². The molecule has 1 aliphatic heterocycles. The summed E-state index contributed by atoms with van der Waals surface area (Å²) in [6.45, 7) is 1.88. The van der Waals surface area contributed by atoms with Crippen molar-refractivity contribution in [1.82, 2.24) is 4.98 Å². The number of para-hydroxylation sites is 1. The lowest BCUT2D eigenvalue weighted by Crippen LogP contribution is -2.26. The molecular weight excluding hydrogens is 256 g/mol. The Hall–Kier alpha value is -2.56. The lowest BCUT2D eigenvalue weighted by Gasteiger charge is -2.21. The Labute approximate surface area is 116 Å². The van der Waals surface area contributed by atoms with Crippen LogP contribution in [-0.2, 0) is 6.54 Å². The zero-order valence-corrected chi connectivity index (χ0v) is 10.8. The van der Waals surface area contributed by atoms with Crippen molar-refractivity contribution in [3.05, 3.63) is 53.7 Å². The van der Waals surface area contributed by atoms with E-state index in [4.69, 9.17) is 9.84 Å². The highest BCUT2D eigenvalue weighted by atomic mass is 16.5. The Morgan fingerprint density at radius 1 is 1.20 bits per heavy atom. The van der Waals surface area contributed by atoms with Gasteiger partial charge in [-0.2, -0.15) is 0 Å². The van der Waals surface area contributed by atoms with Crippen LogP contribution in [0.15, 0.2) is 42.5 Å². The van der Waals surface area contributed by atoms with Crippen LogP contribution in [0.2, 0.25) is 0 Å². The molecule has 2 heterocycles. The Morgan fingerprint density at radius 3 is 2.90 bits per heavy atom. The third-order valence-corrected chi connectivity index (χ3v) is 3.23. The van der Waals surface area contributed by atoms with Crippen molar-refractivity contribution in [2.24, 2.45) is 0 Å². The number of carbonyl (C=O) groups is 1. The molecule has 0 spiro atoms. The summed E-state index contributed by atoms with van der Waals surface area (Å²) >= 11 is 0. The van der Waals surface area contributed by atoms with E-state index >= 15 is 0 Å². The number of pyridine rings is 1. The van der Waals surface area contributed by atoms with Crippen molar-refractivity contribution < 1.29 is 14.6 Å². The number of ether oxygens (including phenoxy) is 1. The second-order valence-corrected chi connectivity index (χ2v) is 4.56. The highest BCUT2D eigenvalue weighted by Crippen LogP contribution is 2.25. The van der Waals surface area contributed by atoms with E-state index in [0.717, 1.165) is 11.3 Å². The zero-order chi connectivity index (χ0) is 13.9. The Bertz CT molecular complexity index is 643. The first kappa shape index (κ1) is 12.5. The molecule has 5 heteroatoms. The van der Waals surface area contributed by atoms with Crippen molar-refractivity contribution >= 4 is 11.8 Å². The van der Waals surface area contributed by atoms with E-state index < -0.39 is 5.97 Å². The van der Waals surface area contributed by atoms with E-state index in [1.807, 2.05) is 35.2 Å². The summed E-state index contributed by atoms with van der Waals surface area (Å²) in [7, 11) is 0. The van der Waals surface area contributed by atoms with Crippen LogP contribution < -0.4 is 9.64 Å². The lowest BCUT2D eigenvalue weighted by molar-refractivity contribution is 0.0690. The molecule has 2 aromatic rings. The summed E-state index contributed by atoms with van der Waals surface area (Å²) < 4.78 is 5.69. The molecule has 0 atom stereocenters. The van der Waals surface area contributed by atoms with E-state index in [9.17, 15) is 4.79 Å². The van der Waals surface area contributed by atoms with E-state index in [0.29, 0.717) is 25.5 Å². The second-order valence-electron chi connectivity index (χ2n) is 4.56. The number of fused-ring (bicyclic) bond motifs is 1. The van der Waals surface area contributed by atoms with Gasteiger partial charge >= 0.3 is 5.97 Å². The van der Waals surface area contributed by atoms with Crippen molar-refractivity contribution in [2.75, 3.05) is 18.1 Å². The molecule has 102 valence electrons. The van der Waals surface area contributed by atoms with Gasteiger partial charge in [0.2, 0.25) is 0 Å². The minimum absolute atomic E-state index is 0.0564. The fraction of sp³-hybridized carbons (Fsp3) is 0.200. The number of carboxylic acids is 1. The van der Waals surface area contributed by atoms with E-state index in [2.05, 4.69) is 4.98 Å². The Kier molecular flexibility index (Phi) is 3.25. The molecule has 0 amide bonds. The highest BCUT2D eigenvalue weighted by molar-refractivity contribution is 5.85. The number of aromatic carboxylic acids is 1. The minimum Gasteiger partial charge on any atom is -0.491 e. The minimum atomic E-state index is -1.02. The average Bonchev–Trinajstić information content (AvgIpc) is 2.69. The lowest BCUT2D eigenvalue weighted by atomic mass is 10.2. The van der Waals surface area contributed by atoms with Crippen molar-refractivity contribution in [3.63, 3.8) is 0 Å². The number of hydrogen-bond acceptors (Lipinski definition) is 4. The van der Waals surface area contributed by atoms with Gasteiger partial charge in [-0.25, -0.2) is 9.78 Å². The summed E-state index contributed by atoms with van der Waals surface area (Å²) in [5, 5.41) is 9.02. The van der Waals surface area contributed by atoms with Gasteiger partial charge in [0.05, 0.1) is 6.54 Å². The van der Waals surface area contributed by atoms with Crippen LogP contribution in [0.25, 0.3) is 0 Å². The standard InChI is InChI=1S/C15H14N2O3/c18-15(19)12-5-3-7-14(16-12)17-8-9-20-13-6-2-1-4-11(13)10-17/h1-7H,8-10H2,(H,18,19). The third-order valence-electron chi connectivity index (χ3n) is 3.23. The third kappa shape index (κ3) is 2.42. The largest absolute Gasteiger partial charge is 0.491 e. The Balaban J connectivity index is 1.91. The number of anilines is 1. The van der Waals surface area contributed by atoms with Gasteiger partial charge in [-0.15, -0.1) is 0 Å². The monoisotopic (exact) mass is 270 g/mol. The first-order valence-corrected chi connectivity index (χ1v) is 6.40. The van der Waals surface area contributed by atoms with Gasteiger partial charge in [-0.1, -0.05) is 24.3 Å². The molecule has 1 aliphatic rings. The van der Waals surface area contributed by atoms with Crippen LogP contribution in [0.3, 0.4) is 0 Å². The molecule has 0 saturated heterocycles. The van der Waals surface area contributed by atoms with Crippen LogP contribution in [-0.4, -0.2) is 29.2 Å². The fourth-order valence-corrected chi connectivity index (χ4v) is 2.24. The number of aromatic nitrogens is 1. The molecule has 3 rings (SSSR count). The maximum atomic E-state index is 11.0. The molecule has 0 fully saturated rings. The summed E-state index contributed by atoms with van der Waals surface area (Å²) in [4.78, 5) is 17.2. The zero-order valence-electron chi connectivity index (χ0n) is 10.8. The predicted molar refractivity (Wildman–Crippen MR) is 74.2 cm³/mol. The van der Waals surface area contributed by atoms with Gasteiger partial charge in [-0.05, 0) is 18.2 Å². The summed E-state index contributed by atoms with van der Waals surface area (Å²) in [6.07, 6.45) is 0. The first-order chi connectivity index (χ1) is 9.74. The molecule has 0 aliphatic carbocycles. The molecule has 0 saturated carbocycles. The van der Waals surface area contributed by atoms with Crippen molar-refractivity contribution in [1.29, 1.82) is 0 Å². The number of carboxylic acid groups (broad SMARTS) is 1. The van der Waals surface area contributed by atoms with E-state index in [-0.39, 0.29) is 5.69 Å². The van der Waals surface area contributed by atoms with Gasteiger partial charge in [0.1, 0.15) is 18.2 Å². The van der Waals surface area contributed by atoms with Crippen LogP contribution in [0.5, 0.6) is 5.75 Å². The summed E-state index contributed by atoms with van der Waals surface area (Å²) in [6, 6.07) is 12.9. The van der Waals surface area contributed by atoms with Crippen LogP contribution in [0.4, 0.5) is 5.82 Å². The fourth-order valence-electron chi connectivity index (χ4n) is 2.24. The maximum absolute atomic E-state index is 11.0. The molecule has 0 unspecified atom stereocenters. The topological polar surface area (TPSA) is 62.7 Å². The van der Waals surface area contributed by atoms with E-state index in [1.165, 1.54) is 6.07 Å². The predicted octanol–water partition coefficient (Wildman–Crippen LogP) is 2.18. The van der Waals surface area contributed by atoms with Gasteiger partial charge in [0, 0.05) is 12.1 Å². The SMILES string of the molecule is O=C(O)c1cccc(N2CCOc3ccccc3C2)n1. The Morgan fingerprint density at radius 2 is 2.05 bits per heavy atom. The summed E-state index contributed by atoms with van der Waals surface area (Å²) in [5.41, 5.74) is 1.13. The molecule has 20 heavy (non-hydrogen) atoms. The average molecular weight is 270 g/mol. The number of hydrogen-bond donors (Lipinski definition) is 1. The van der Waals surface area contributed by atoms with Crippen molar-refractivity contribution in [2.45, 2.75) is 6.54 Å². The maximum Gasteiger partial charge on any atom is 0.354 e. The van der Waals surface area contributed by atoms with Crippen LogP contribution >= 0.6 is 0 Å². The molecule has 1 aromatic heterocycles. The molecule has 0 radical (unpaired) electrons. The quantitative estimate of drug-likeness (QED) is 0.906. The molecule has 5 nitrogen and oxygen atoms in total.